The lowest BCUT2D eigenvalue weighted by Gasteiger charge is -2.21. The first-order valence-corrected chi connectivity index (χ1v) is 10.9. The SMILES string of the molecule is CCOc1ccc(S(=O)(=O)N(CC)CC(=O)Nc2ccc(OC)c(Cl)c2)cc1C. The second-order valence-electron chi connectivity index (χ2n) is 6.19. The number of carbonyl (C=O) groups is 1. The van der Waals surface area contributed by atoms with Gasteiger partial charge in [0.15, 0.2) is 0 Å². The van der Waals surface area contributed by atoms with Crippen LogP contribution in [0, 0.1) is 6.92 Å². The summed E-state index contributed by atoms with van der Waals surface area (Å²) in [7, 11) is -2.35. The van der Waals surface area contributed by atoms with Crippen LogP contribution in [0.5, 0.6) is 11.5 Å². The zero-order valence-electron chi connectivity index (χ0n) is 16.9. The van der Waals surface area contributed by atoms with Crippen LogP contribution in [0.15, 0.2) is 41.3 Å². The summed E-state index contributed by atoms with van der Waals surface area (Å²) in [5.41, 5.74) is 1.16. The minimum absolute atomic E-state index is 0.112. The quantitative estimate of drug-likeness (QED) is 0.642. The number of anilines is 1. The maximum atomic E-state index is 13.0. The molecule has 0 unspecified atom stereocenters. The number of sulfonamides is 1. The maximum Gasteiger partial charge on any atom is 0.243 e. The first kappa shape index (κ1) is 23.0. The first-order valence-electron chi connectivity index (χ1n) is 9.09. The molecule has 0 fully saturated rings. The van der Waals surface area contributed by atoms with Gasteiger partial charge >= 0.3 is 0 Å². The maximum absolute atomic E-state index is 13.0. The van der Waals surface area contributed by atoms with Gasteiger partial charge in [0.2, 0.25) is 15.9 Å². The molecule has 0 aliphatic heterocycles. The van der Waals surface area contributed by atoms with Crippen molar-refractivity contribution in [2.45, 2.75) is 25.7 Å². The first-order chi connectivity index (χ1) is 13.7. The molecule has 0 heterocycles. The van der Waals surface area contributed by atoms with E-state index < -0.39 is 15.9 Å². The monoisotopic (exact) mass is 440 g/mol. The summed E-state index contributed by atoms with van der Waals surface area (Å²) < 4.78 is 37.6. The molecule has 0 atom stereocenters. The average Bonchev–Trinajstić information content (AvgIpc) is 2.67. The molecule has 158 valence electrons. The largest absolute Gasteiger partial charge is 0.495 e. The van der Waals surface area contributed by atoms with Crippen molar-refractivity contribution in [3.63, 3.8) is 0 Å². The van der Waals surface area contributed by atoms with Crippen LogP contribution in [0.2, 0.25) is 5.02 Å². The van der Waals surface area contributed by atoms with Gasteiger partial charge in [-0.1, -0.05) is 18.5 Å². The molecule has 0 aromatic heterocycles. The fourth-order valence-corrected chi connectivity index (χ4v) is 4.47. The minimum Gasteiger partial charge on any atom is -0.495 e. The van der Waals surface area contributed by atoms with E-state index in [9.17, 15) is 13.2 Å². The topological polar surface area (TPSA) is 84.9 Å². The number of rotatable bonds is 9. The zero-order chi connectivity index (χ0) is 21.6. The van der Waals surface area contributed by atoms with Crippen LogP contribution in [0.25, 0.3) is 0 Å². The number of methoxy groups -OCH3 is 1. The van der Waals surface area contributed by atoms with Gasteiger partial charge in [-0.3, -0.25) is 4.79 Å². The summed E-state index contributed by atoms with van der Waals surface area (Å²) in [6, 6.07) is 9.44. The van der Waals surface area contributed by atoms with Crippen LogP contribution in [0.3, 0.4) is 0 Å². The predicted octanol–water partition coefficient (Wildman–Crippen LogP) is 3.71. The number of hydrogen-bond acceptors (Lipinski definition) is 5. The van der Waals surface area contributed by atoms with Gasteiger partial charge in [-0.2, -0.15) is 4.31 Å². The highest BCUT2D eigenvalue weighted by Crippen LogP contribution is 2.27. The van der Waals surface area contributed by atoms with Crippen LogP contribution < -0.4 is 14.8 Å². The molecular weight excluding hydrogens is 416 g/mol. The lowest BCUT2D eigenvalue weighted by Crippen LogP contribution is -2.37. The Morgan fingerprint density at radius 3 is 2.38 bits per heavy atom. The lowest BCUT2D eigenvalue weighted by atomic mass is 10.2. The molecule has 29 heavy (non-hydrogen) atoms. The number of benzene rings is 2. The molecule has 7 nitrogen and oxygen atoms in total. The summed E-state index contributed by atoms with van der Waals surface area (Å²) in [5.74, 6) is 0.635. The molecule has 0 spiro atoms. The number of nitrogens with zero attached hydrogens (tertiary/aromatic N) is 1. The lowest BCUT2D eigenvalue weighted by molar-refractivity contribution is -0.116. The number of nitrogens with one attached hydrogen (secondary N) is 1. The molecule has 2 aromatic rings. The molecule has 0 aliphatic rings. The van der Waals surface area contributed by atoms with Crippen molar-refractivity contribution in [2.24, 2.45) is 0 Å². The van der Waals surface area contributed by atoms with E-state index in [1.54, 1.807) is 44.2 Å². The number of halogens is 1. The van der Waals surface area contributed by atoms with E-state index in [-0.39, 0.29) is 18.0 Å². The normalized spacial score (nSPS) is 11.4. The van der Waals surface area contributed by atoms with Gasteiger partial charge in [-0.25, -0.2) is 8.42 Å². The third-order valence-corrected chi connectivity index (χ3v) is 6.40. The van der Waals surface area contributed by atoms with E-state index in [0.29, 0.717) is 34.4 Å². The number of ether oxygens (including phenoxy) is 2. The van der Waals surface area contributed by atoms with Gasteiger partial charge in [-0.05, 0) is 55.8 Å². The molecule has 0 aliphatic carbocycles. The highest BCUT2D eigenvalue weighted by molar-refractivity contribution is 7.89. The van der Waals surface area contributed by atoms with Gasteiger partial charge in [0, 0.05) is 12.2 Å². The van der Waals surface area contributed by atoms with Crippen LogP contribution in [-0.2, 0) is 14.8 Å². The third-order valence-electron chi connectivity index (χ3n) is 4.19. The standard InChI is InChI=1S/C20H25ClN2O5S/c1-5-23(13-20(24)22-15-7-9-19(27-4)17(21)12-15)29(25,26)16-8-10-18(28-6-2)14(3)11-16/h7-12H,5-6,13H2,1-4H3,(H,22,24). The Morgan fingerprint density at radius 2 is 1.83 bits per heavy atom. The van der Waals surface area contributed by atoms with E-state index in [0.717, 1.165) is 4.31 Å². The summed E-state index contributed by atoms with van der Waals surface area (Å²) in [6.45, 7) is 5.62. The fourth-order valence-electron chi connectivity index (χ4n) is 2.72. The summed E-state index contributed by atoms with van der Waals surface area (Å²) in [5, 5.41) is 3.00. The van der Waals surface area contributed by atoms with Crippen LogP contribution >= 0.6 is 11.6 Å². The minimum atomic E-state index is -3.84. The van der Waals surface area contributed by atoms with Gasteiger partial charge < -0.3 is 14.8 Å². The van der Waals surface area contributed by atoms with Gasteiger partial charge in [-0.15, -0.1) is 0 Å². The second-order valence-corrected chi connectivity index (χ2v) is 8.53. The number of aryl methyl sites for hydroxylation is 1. The number of carbonyl (C=O) groups excluding carboxylic acids is 1. The molecular formula is C20H25ClN2O5S. The van der Waals surface area contributed by atoms with Crippen molar-refractivity contribution in [3.05, 3.63) is 47.0 Å². The Balaban J connectivity index is 2.16. The molecule has 0 radical (unpaired) electrons. The molecule has 1 amide bonds. The van der Waals surface area contributed by atoms with Crippen molar-refractivity contribution < 1.29 is 22.7 Å². The smallest absolute Gasteiger partial charge is 0.243 e. The van der Waals surface area contributed by atoms with Crippen LogP contribution in [0.4, 0.5) is 5.69 Å². The Hall–Kier alpha value is -2.29. The number of hydrogen-bond donors (Lipinski definition) is 1. The molecule has 0 saturated carbocycles. The summed E-state index contributed by atoms with van der Waals surface area (Å²) in [6.07, 6.45) is 0. The van der Waals surface area contributed by atoms with Gasteiger partial charge in [0.05, 0.1) is 30.2 Å². The van der Waals surface area contributed by atoms with Crippen molar-refractivity contribution in [1.29, 1.82) is 0 Å². The Labute approximate surface area is 176 Å². The van der Waals surface area contributed by atoms with E-state index in [4.69, 9.17) is 21.1 Å². The van der Waals surface area contributed by atoms with Crippen LogP contribution in [-0.4, -0.2) is 45.4 Å². The van der Waals surface area contributed by atoms with Crippen molar-refractivity contribution in [1.82, 2.24) is 4.31 Å². The zero-order valence-corrected chi connectivity index (χ0v) is 18.4. The fraction of sp³-hybridized carbons (Fsp3) is 0.350. The van der Waals surface area contributed by atoms with Crippen molar-refractivity contribution >= 4 is 33.2 Å². The van der Waals surface area contributed by atoms with E-state index in [1.165, 1.54) is 13.2 Å². The van der Waals surface area contributed by atoms with E-state index in [2.05, 4.69) is 5.32 Å². The Kier molecular flexibility index (Phi) is 7.89. The molecule has 2 rings (SSSR count). The summed E-state index contributed by atoms with van der Waals surface area (Å²) in [4.78, 5) is 12.5. The van der Waals surface area contributed by atoms with Crippen molar-refractivity contribution in [3.8, 4) is 11.5 Å². The van der Waals surface area contributed by atoms with Crippen LogP contribution in [0.1, 0.15) is 19.4 Å². The van der Waals surface area contributed by atoms with Gasteiger partial charge in [0.1, 0.15) is 11.5 Å². The molecule has 9 heteroatoms. The number of amides is 1. The average molecular weight is 441 g/mol. The molecule has 1 N–H and O–H groups in total. The summed E-state index contributed by atoms with van der Waals surface area (Å²) >= 11 is 6.06. The Morgan fingerprint density at radius 1 is 1.14 bits per heavy atom. The van der Waals surface area contributed by atoms with Crippen molar-refractivity contribution in [2.75, 3.05) is 32.1 Å². The molecule has 0 bridgehead atoms. The highest BCUT2D eigenvalue weighted by Gasteiger charge is 2.26. The van der Waals surface area contributed by atoms with Gasteiger partial charge in [0.25, 0.3) is 0 Å². The third kappa shape index (κ3) is 5.62. The second kappa shape index (κ2) is 9.96. The highest BCUT2D eigenvalue weighted by atomic mass is 35.5. The molecule has 2 aromatic carbocycles. The predicted molar refractivity (Wildman–Crippen MR) is 113 cm³/mol. The van der Waals surface area contributed by atoms with E-state index in [1.807, 2.05) is 6.92 Å². The number of likely N-dealkylation sites (N-methyl/N-ethyl adjacent to an activating group) is 1. The molecule has 0 saturated heterocycles. The van der Waals surface area contributed by atoms with E-state index >= 15 is 0 Å². The Bertz CT molecular complexity index is 979.